The maximum atomic E-state index is 10.4. The maximum Gasteiger partial charge on any atom is 0.203 e. The Kier molecular flexibility index (Phi) is 8.08. The van der Waals surface area contributed by atoms with E-state index in [-0.39, 0.29) is 0 Å². The highest BCUT2D eigenvalue weighted by Gasteiger charge is 2.22. The van der Waals surface area contributed by atoms with Crippen LogP contribution in [0.4, 0.5) is 11.8 Å². The van der Waals surface area contributed by atoms with Gasteiger partial charge in [-0.05, 0) is 32.4 Å². The average Bonchev–Trinajstić information content (AvgIpc) is 3.10. The lowest BCUT2D eigenvalue weighted by Gasteiger charge is -2.20. The number of aliphatic hydroxyl groups is 1. The molecule has 0 saturated carbocycles. The fourth-order valence-electron chi connectivity index (χ4n) is 3.43. The van der Waals surface area contributed by atoms with E-state index in [1.54, 1.807) is 20.9 Å². The number of hydrogen-bond donors (Lipinski definition) is 4. The molecule has 10 nitrogen and oxygen atoms in total. The molecule has 32 heavy (non-hydrogen) atoms. The molecule has 2 aromatic heterocycles. The van der Waals surface area contributed by atoms with Crippen LogP contribution in [0.3, 0.4) is 0 Å². The molecule has 5 N–H and O–H groups in total. The molecule has 0 radical (unpaired) electrons. The summed E-state index contributed by atoms with van der Waals surface area (Å²) in [5, 5.41) is 14.3. The number of hydrogen-bond acceptors (Lipinski definition) is 9. The minimum Gasteiger partial charge on any atom is -0.491 e. The van der Waals surface area contributed by atoms with E-state index in [2.05, 4.69) is 15.3 Å². The van der Waals surface area contributed by atoms with Gasteiger partial charge >= 0.3 is 0 Å². The Hall–Kier alpha value is -2.23. The predicted molar refractivity (Wildman–Crippen MR) is 127 cm³/mol. The Balaban J connectivity index is 1.74. The van der Waals surface area contributed by atoms with Crippen molar-refractivity contribution in [1.82, 2.24) is 14.5 Å². The second-order valence-electron chi connectivity index (χ2n) is 8.03. The molecule has 1 atom stereocenters. The molecule has 1 aromatic carbocycles. The predicted octanol–water partition coefficient (Wildman–Crippen LogP) is 2.72. The molecular weight excluding hydrogens is 433 g/mol. The molecule has 0 aliphatic rings. The van der Waals surface area contributed by atoms with Crippen LogP contribution in [0, 0.1) is 0 Å². The first-order valence-corrected chi connectivity index (χ1v) is 11.8. The number of imidazole rings is 1. The monoisotopic (exact) mass is 465 g/mol. The largest absolute Gasteiger partial charge is 0.491 e. The minimum atomic E-state index is -1.33. The summed E-state index contributed by atoms with van der Waals surface area (Å²) in [5.41, 5.74) is 7.36. The van der Waals surface area contributed by atoms with Crippen molar-refractivity contribution in [3.05, 3.63) is 18.2 Å². The molecule has 0 aliphatic heterocycles. The summed E-state index contributed by atoms with van der Waals surface area (Å²) in [5.74, 6) is 1.59. The van der Waals surface area contributed by atoms with Gasteiger partial charge in [0.1, 0.15) is 17.9 Å². The Morgan fingerprint density at radius 2 is 2.00 bits per heavy atom. The summed E-state index contributed by atoms with van der Waals surface area (Å²) in [6.45, 7) is 5.21. The molecule has 3 aromatic rings. The summed E-state index contributed by atoms with van der Waals surface area (Å²) in [4.78, 5) is 18.5. The third-order valence-corrected chi connectivity index (χ3v) is 5.91. The molecule has 0 spiro atoms. The number of aromatic nitrogens is 3. The van der Waals surface area contributed by atoms with Crippen LogP contribution in [0.25, 0.3) is 21.9 Å². The first-order valence-electron chi connectivity index (χ1n) is 10.4. The summed E-state index contributed by atoms with van der Waals surface area (Å²) >= 11 is 0. The Morgan fingerprint density at radius 3 is 2.69 bits per heavy atom. The Bertz CT molecular complexity index is 1050. The van der Waals surface area contributed by atoms with Gasteiger partial charge in [0, 0.05) is 38.4 Å². The van der Waals surface area contributed by atoms with E-state index >= 15 is 0 Å². The number of rotatable bonds is 12. The summed E-state index contributed by atoms with van der Waals surface area (Å²) in [6.07, 6.45) is 1.33. The van der Waals surface area contributed by atoms with Crippen LogP contribution >= 0.6 is 8.38 Å². The molecule has 11 heteroatoms. The molecular formula is C21H32N5O5P. The van der Waals surface area contributed by atoms with Crippen molar-refractivity contribution in [3.63, 3.8) is 0 Å². The van der Waals surface area contributed by atoms with Crippen molar-refractivity contribution in [2.75, 3.05) is 51.2 Å². The number of nitrogens with two attached hydrogens (primary N) is 1. The Labute approximate surface area is 188 Å². The van der Waals surface area contributed by atoms with E-state index in [4.69, 9.17) is 19.7 Å². The highest BCUT2D eigenvalue weighted by atomic mass is 31.2. The molecule has 2 heterocycles. The van der Waals surface area contributed by atoms with Crippen LogP contribution in [0.1, 0.15) is 20.3 Å². The summed E-state index contributed by atoms with van der Waals surface area (Å²) in [6, 6.07) is 5.64. The van der Waals surface area contributed by atoms with E-state index < -0.39 is 14.0 Å². The number of pyridine rings is 1. The lowest BCUT2D eigenvalue weighted by Crippen LogP contribution is -2.26. The fraction of sp³-hybridized carbons (Fsp3) is 0.524. The zero-order valence-corrected chi connectivity index (χ0v) is 19.9. The normalized spacial score (nSPS) is 13.1. The number of fused-ring (bicyclic) bond motifs is 3. The average molecular weight is 465 g/mol. The van der Waals surface area contributed by atoms with Gasteiger partial charge in [0.25, 0.3) is 0 Å². The standard InChI is InChI=1S/C21H32N5O5P/c1-21(2,27)13-26-18-15-7-6-14(31-10-9-30-8-5-11-32(28)29-4)12-16(15)24-19(22)17(18)25-20(26)23-3/h6-7,12,27-28H,5,8-11,13H2,1-4H3,(H2,22,24)(H,23,25). The number of anilines is 2. The number of benzene rings is 1. The van der Waals surface area contributed by atoms with Crippen molar-refractivity contribution in [1.29, 1.82) is 0 Å². The van der Waals surface area contributed by atoms with Gasteiger partial charge in [0.15, 0.2) is 14.2 Å². The van der Waals surface area contributed by atoms with E-state index in [0.717, 1.165) is 17.3 Å². The van der Waals surface area contributed by atoms with E-state index in [9.17, 15) is 10.00 Å². The van der Waals surface area contributed by atoms with Gasteiger partial charge in [-0.3, -0.25) is 0 Å². The molecule has 0 saturated heterocycles. The van der Waals surface area contributed by atoms with Crippen LogP contribution in [0.15, 0.2) is 18.2 Å². The van der Waals surface area contributed by atoms with Crippen LogP contribution < -0.4 is 15.8 Å². The Morgan fingerprint density at radius 1 is 1.22 bits per heavy atom. The zero-order chi connectivity index (χ0) is 23.3. The van der Waals surface area contributed by atoms with Gasteiger partial charge in [-0.15, -0.1) is 0 Å². The fourth-order valence-corrected chi connectivity index (χ4v) is 4.01. The van der Waals surface area contributed by atoms with Crippen molar-refractivity contribution in [2.24, 2.45) is 0 Å². The minimum absolute atomic E-state index is 0.318. The van der Waals surface area contributed by atoms with Gasteiger partial charge in [-0.25, -0.2) is 9.97 Å². The quantitative estimate of drug-likeness (QED) is 0.235. The summed E-state index contributed by atoms with van der Waals surface area (Å²) in [7, 11) is 1.94. The first-order chi connectivity index (χ1) is 15.2. The van der Waals surface area contributed by atoms with Crippen molar-refractivity contribution in [2.45, 2.75) is 32.4 Å². The molecule has 0 amide bonds. The van der Waals surface area contributed by atoms with Crippen LogP contribution in [0.5, 0.6) is 5.75 Å². The number of ether oxygens (including phenoxy) is 2. The second kappa shape index (κ2) is 10.6. The highest BCUT2D eigenvalue weighted by molar-refractivity contribution is 7.46. The molecule has 176 valence electrons. The zero-order valence-electron chi connectivity index (χ0n) is 19.0. The SMILES string of the molecule is CNc1nc2c(N)nc3cc(OCCOCCCP(O)OC)ccc3c2n1CC(C)(C)O. The number of nitrogens with one attached hydrogen (secondary N) is 1. The van der Waals surface area contributed by atoms with Crippen molar-refractivity contribution in [3.8, 4) is 5.75 Å². The van der Waals surface area contributed by atoms with Crippen LogP contribution in [0.2, 0.25) is 0 Å². The third-order valence-electron chi connectivity index (χ3n) is 4.79. The van der Waals surface area contributed by atoms with Gasteiger partial charge in [0.2, 0.25) is 5.95 Å². The smallest absolute Gasteiger partial charge is 0.203 e. The van der Waals surface area contributed by atoms with Crippen molar-refractivity contribution < 1.29 is 24.0 Å². The van der Waals surface area contributed by atoms with E-state index in [1.165, 1.54) is 7.11 Å². The molecule has 0 bridgehead atoms. The van der Waals surface area contributed by atoms with Gasteiger partial charge in [-0.1, -0.05) is 0 Å². The third kappa shape index (κ3) is 5.96. The summed E-state index contributed by atoms with van der Waals surface area (Å²) < 4.78 is 18.1. The van der Waals surface area contributed by atoms with Gasteiger partial charge in [-0.2, -0.15) is 0 Å². The lowest BCUT2D eigenvalue weighted by atomic mass is 10.1. The second-order valence-corrected chi connectivity index (χ2v) is 9.55. The van der Waals surface area contributed by atoms with E-state index in [1.807, 2.05) is 22.8 Å². The highest BCUT2D eigenvalue weighted by Crippen LogP contribution is 2.33. The molecule has 3 rings (SSSR count). The number of nitrogens with zero attached hydrogens (tertiary/aromatic N) is 3. The van der Waals surface area contributed by atoms with Crippen molar-refractivity contribution >= 4 is 42.1 Å². The van der Waals surface area contributed by atoms with Gasteiger partial charge in [0.05, 0.1) is 29.8 Å². The lowest BCUT2D eigenvalue weighted by molar-refractivity contribution is 0.0633. The molecule has 0 aliphatic carbocycles. The molecule has 1 unspecified atom stereocenters. The topological polar surface area (TPSA) is 137 Å². The van der Waals surface area contributed by atoms with Crippen LogP contribution in [-0.2, 0) is 15.8 Å². The first kappa shape index (κ1) is 24.4. The van der Waals surface area contributed by atoms with E-state index in [0.29, 0.717) is 61.1 Å². The number of nitrogen functional groups attached to an aromatic ring is 1. The van der Waals surface area contributed by atoms with Crippen LogP contribution in [-0.4, -0.2) is 70.3 Å². The molecule has 0 fully saturated rings. The maximum absolute atomic E-state index is 10.4. The van der Waals surface area contributed by atoms with Gasteiger partial charge < -0.3 is 39.6 Å².